The molecule has 0 fully saturated rings. The standard InChI is InChI=1S/C15H22N2O5/c1-4-22-15(19)17-10-14(18)16-8-7-11-5-6-12(20-2)13(9-11)21-3/h5-6,9H,4,7-8,10H2,1-3H3,(H,16,18)(H,17,19). The van der Waals surface area contributed by atoms with Gasteiger partial charge in [0.05, 0.1) is 27.4 Å². The number of benzene rings is 1. The Morgan fingerprint density at radius 3 is 2.45 bits per heavy atom. The Labute approximate surface area is 129 Å². The molecule has 7 nitrogen and oxygen atoms in total. The predicted molar refractivity (Wildman–Crippen MR) is 81.3 cm³/mol. The molecule has 0 saturated heterocycles. The first-order valence-electron chi connectivity index (χ1n) is 6.99. The van der Waals surface area contributed by atoms with Crippen LogP contribution in [0.5, 0.6) is 11.5 Å². The summed E-state index contributed by atoms with van der Waals surface area (Å²) < 4.78 is 15.0. The Bertz CT molecular complexity index is 505. The molecule has 0 bridgehead atoms. The van der Waals surface area contributed by atoms with Gasteiger partial charge in [-0.05, 0) is 31.0 Å². The van der Waals surface area contributed by atoms with Crippen LogP contribution in [-0.4, -0.2) is 45.9 Å². The third-order valence-electron chi connectivity index (χ3n) is 2.85. The van der Waals surface area contributed by atoms with E-state index in [-0.39, 0.29) is 19.1 Å². The smallest absolute Gasteiger partial charge is 0.407 e. The molecule has 0 radical (unpaired) electrons. The lowest BCUT2D eigenvalue weighted by atomic mass is 10.1. The first-order chi connectivity index (χ1) is 10.6. The Morgan fingerprint density at radius 1 is 1.09 bits per heavy atom. The van der Waals surface area contributed by atoms with Gasteiger partial charge in [-0.15, -0.1) is 0 Å². The van der Waals surface area contributed by atoms with Gasteiger partial charge in [0.15, 0.2) is 11.5 Å². The number of hydrogen-bond acceptors (Lipinski definition) is 5. The summed E-state index contributed by atoms with van der Waals surface area (Å²) in [6.07, 6.45) is 0.0448. The molecule has 0 unspecified atom stereocenters. The first-order valence-corrected chi connectivity index (χ1v) is 6.99. The van der Waals surface area contributed by atoms with E-state index < -0.39 is 6.09 Å². The molecule has 0 aromatic heterocycles. The summed E-state index contributed by atoms with van der Waals surface area (Å²) in [6.45, 7) is 2.32. The number of amides is 2. The van der Waals surface area contributed by atoms with Gasteiger partial charge in [0.1, 0.15) is 0 Å². The van der Waals surface area contributed by atoms with Gasteiger partial charge in [0, 0.05) is 6.54 Å². The van der Waals surface area contributed by atoms with Crippen LogP contribution in [0.2, 0.25) is 0 Å². The van der Waals surface area contributed by atoms with E-state index in [1.807, 2.05) is 18.2 Å². The number of ether oxygens (including phenoxy) is 3. The number of carbonyl (C=O) groups is 2. The maximum Gasteiger partial charge on any atom is 0.407 e. The van der Waals surface area contributed by atoms with Crippen molar-refractivity contribution in [1.82, 2.24) is 10.6 Å². The molecule has 0 aliphatic heterocycles. The molecular weight excluding hydrogens is 288 g/mol. The van der Waals surface area contributed by atoms with Gasteiger partial charge in [-0.25, -0.2) is 4.79 Å². The van der Waals surface area contributed by atoms with Gasteiger partial charge in [-0.1, -0.05) is 6.07 Å². The number of carbonyl (C=O) groups excluding carboxylic acids is 2. The zero-order valence-corrected chi connectivity index (χ0v) is 13.1. The van der Waals surface area contributed by atoms with Crippen molar-refractivity contribution in [2.24, 2.45) is 0 Å². The van der Waals surface area contributed by atoms with Crippen molar-refractivity contribution in [2.45, 2.75) is 13.3 Å². The summed E-state index contributed by atoms with van der Waals surface area (Å²) in [5.41, 5.74) is 1.01. The topological polar surface area (TPSA) is 85.9 Å². The van der Waals surface area contributed by atoms with Crippen molar-refractivity contribution in [3.05, 3.63) is 23.8 Å². The SMILES string of the molecule is CCOC(=O)NCC(=O)NCCc1ccc(OC)c(OC)c1. The average molecular weight is 310 g/mol. The Balaban J connectivity index is 2.34. The van der Waals surface area contributed by atoms with Crippen LogP contribution in [0.4, 0.5) is 4.79 Å². The summed E-state index contributed by atoms with van der Waals surface area (Å²) in [6, 6.07) is 5.59. The molecule has 0 spiro atoms. The number of nitrogens with one attached hydrogen (secondary N) is 2. The number of alkyl carbamates (subject to hydrolysis) is 1. The number of methoxy groups -OCH3 is 2. The normalized spacial score (nSPS) is 9.77. The molecule has 0 heterocycles. The van der Waals surface area contributed by atoms with Crippen molar-refractivity contribution in [3.63, 3.8) is 0 Å². The van der Waals surface area contributed by atoms with Crippen LogP contribution < -0.4 is 20.1 Å². The van der Waals surface area contributed by atoms with E-state index in [1.54, 1.807) is 21.1 Å². The van der Waals surface area contributed by atoms with Crippen LogP contribution in [-0.2, 0) is 16.0 Å². The van der Waals surface area contributed by atoms with Gasteiger partial charge in [-0.2, -0.15) is 0 Å². The van der Waals surface area contributed by atoms with Gasteiger partial charge in [-0.3, -0.25) is 4.79 Å². The second-order valence-corrected chi connectivity index (χ2v) is 4.36. The highest BCUT2D eigenvalue weighted by atomic mass is 16.5. The number of rotatable bonds is 8. The lowest BCUT2D eigenvalue weighted by Gasteiger charge is -2.10. The molecule has 0 saturated carbocycles. The quantitative estimate of drug-likeness (QED) is 0.751. The van der Waals surface area contributed by atoms with Crippen molar-refractivity contribution in [1.29, 1.82) is 0 Å². The summed E-state index contributed by atoms with van der Waals surface area (Å²) in [5, 5.41) is 5.07. The molecule has 1 aromatic rings. The average Bonchev–Trinajstić information content (AvgIpc) is 2.53. The Kier molecular flexibility index (Phi) is 7.60. The highest BCUT2D eigenvalue weighted by molar-refractivity contribution is 5.82. The molecule has 1 aromatic carbocycles. The fourth-order valence-electron chi connectivity index (χ4n) is 1.78. The van der Waals surface area contributed by atoms with E-state index in [0.29, 0.717) is 24.5 Å². The third kappa shape index (κ3) is 5.90. The van der Waals surface area contributed by atoms with E-state index in [4.69, 9.17) is 9.47 Å². The van der Waals surface area contributed by atoms with Gasteiger partial charge in [0.2, 0.25) is 5.91 Å². The summed E-state index contributed by atoms with van der Waals surface area (Å²) in [7, 11) is 3.15. The van der Waals surface area contributed by atoms with Crippen LogP contribution in [0, 0.1) is 0 Å². The van der Waals surface area contributed by atoms with Crippen LogP contribution in [0.1, 0.15) is 12.5 Å². The first kappa shape index (κ1) is 17.6. The maximum absolute atomic E-state index is 11.5. The summed E-state index contributed by atoms with van der Waals surface area (Å²) in [4.78, 5) is 22.6. The molecule has 2 N–H and O–H groups in total. The molecule has 0 aliphatic carbocycles. The van der Waals surface area contributed by atoms with Gasteiger partial charge in [0.25, 0.3) is 0 Å². The molecular formula is C15H22N2O5. The maximum atomic E-state index is 11.5. The van der Waals surface area contributed by atoms with Crippen molar-refractivity contribution in [3.8, 4) is 11.5 Å². The van der Waals surface area contributed by atoms with E-state index >= 15 is 0 Å². The molecule has 2 amide bonds. The Morgan fingerprint density at radius 2 is 1.82 bits per heavy atom. The van der Waals surface area contributed by atoms with E-state index in [1.165, 1.54) is 0 Å². The molecule has 1 rings (SSSR count). The van der Waals surface area contributed by atoms with Crippen LogP contribution >= 0.6 is 0 Å². The zero-order valence-electron chi connectivity index (χ0n) is 13.1. The second kappa shape index (κ2) is 9.49. The van der Waals surface area contributed by atoms with Crippen LogP contribution in [0.3, 0.4) is 0 Å². The predicted octanol–water partition coefficient (Wildman–Crippen LogP) is 1.11. The largest absolute Gasteiger partial charge is 0.493 e. The van der Waals surface area contributed by atoms with Crippen LogP contribution in [0.15, 0.2) is 18.2 Å². The van der Waals surface area contributed by atoms with Crippen LogP contribution in [0.25, 0.3) is 0 Å². The fourth-order valence-corrected chi connectivity index (χ4v) is 1.78. The molecule has 0 aliphatic rings. The van der Waals surface area contributed by atoms with E-state index in [2.05, 4.69) is 15.4 Å². The van der Waals surface area contributed by atoms with Crippen molar-refractivity contribution in [2.75, 3.05) is 33.9 Å². The minimum atomic E-state index is -0.599. The monoisotopic (exact) mass is 310 g/mol. The molecule has 122 valence electrons. The highest BCUT2D eigenvalue weighted by Gasteiger charge is 2.07. The minimum Gasteiger partial charge on any atom is -0.493 e. The zero-order chi connectivity index (χ0) is 16.4. The summed E-state index contributed by atoms with van der Waals surface area (Å²) >= 11 is 0. The second-order valence-electron chi connectivity index (χ2n) is 4.36. The Hall–Kier alpha value is -2.44. The van der Waals surface area contributed by atoms with Crippen molar-refractivity contribution < 1.29 is 23.8 Å². The molecule has 0 atom stereocenters. The third-order valence-corrected chi connectivity index (χ3v) is 2.85. The van der Waals surface area contributed by atoms with Gasteiger partial charge < -0.3 is 24.8 Å². The molecule has 7 heteroatoms. The fraction of sp³-hybridized carbons (Fsp3) is 0.467. The summed E-state index contributed by atoms with van der Waals surface area (Å²) in [5.74, 6) is 1.04. The lowest BCUT2D eigenvalue weighted by Crippen LogP contribution is -2.37. The van der Waals surface area contributed by atoms with E-state index in [9.17, 15) is 9.59 Å². The molecule has 22 heavy (non-hydrogen) atoms. The highest BCUT2D eigenvalue weighted by Crippen LogP contribution is 2.27. The van der Waals surface area contributed by atoms with Crippen molar-refractivity contribution >= 4 is 12.0 Å². The number of hydrogen-bond donors (Lipinski definition) is 2. The van der Waals surface area contributed by atoms with Gasteiger partial charge >= 0.3 is 6.09 Å². The van der Waals surface area contributed by atoms with E-state index in [0.717, 1.165) is 5.56 Å². The minimum absolute atomic E-state index is 0.106. The lowest BCUT2D eigenvalue weighted by molar-refractivity contribution is -0.120.